The quantitative estimate of drug-likeness (QED) is 0.905. The standard InChI is InChI=1S/C13H12BrN3O2/c1-8(11-4-2-3-5-15-11)17-12-10(13(18)19)6-9(14)7-16-12/h2-8H,1H3,(H,16,17)(H,18,19). The van der Waals surface area contributed by atoms with Gasteiger partial charge in [-0.3, -0.25) is 4.98 Å². The predicted molar refractivity (Wildman–Crippen MR) is 75.2 cm³/mol. The Hall–Kier alpha value is -1.95. The second kappa shape index (κ2) is 5.79. The molecule has 5 nitrogen and oxygen atoms in total. The van der Waals surface area contributed by atoms with E-state index in [0.29, 0.717) is 10.3 Å². The number of carbonyl (C=O) groups is 1. The minimum atomic E-state index is -1.02. The van der Waals surface area contributed by atoms with Crippen LogP contribution in [-0.2, 0) is 0 Å². The van der Waals surface area contributed by atoms with E-state index in [4.69, 9.17) is 5.11 Å². The normalized spacial score (nSPS) is 11.9. The number of aromatic carboxylic acids is 1. The van der Waals surface area contributed by atoms with Crippen LogP contribution in [0.15, 0.2) is 41.1 Å². The van der Waals surface area contributed by atoms with E-state index in [-0.39, 0.29) is 11.6 Å². The molecule has 2 aromatic heterocycles. The number of carboxylic acids is 1. The number of rotatable bonds is 4. The van der Waals surface area contributed by atoms with E-state index in [2.05, 4.69) is 31.2 Å². The topological polar surface area (TPSA) is 75.1 Å². The zero-order valence-corrected chi connectivity index (χ0v) is 11.8. The maximum absolute atomic E-state index is 11.2. The lowest BCUT2D eigenvalue weighted by molar-refractivity contribution is 0.0697. The van der Waals surface area contributed by atoms with Gasteiger partial charge in [0.05, 0.1) is 11.7 Å². The molecule has 0 fully saturated rings. The van der Waals surface area contributed by atoms with E-state index in [0.717, 1.165) is 5.69 Å². The lowest BCUT2D eigenvalue weighted by Gasteiger charge is -2.15. The average molecular weight is 322 g/mol. The summed E-state index contributed by atoms with van der Waals surface area (Å²) in [5, 5.41) is 12.2. The Morgan fingerprint density at radius 2 is 2.21 bits per heavy atom. The van der Waals surface area contributed by atoms with Crippen LogP contribution in [0.4, 0.5) is 5.82 Å². The molecule has 0 bridgehead atoms. The van der Waals surface area contributed by atoms with Gasteiger partial charge in [-0.1, -0.05) is 6.07 Å². The van der Waals surface area contributed by atoms with Crippen LogP contribution in [0.5, 0.6) is 0 Å². The fraction of sp³-hybridized carbons (Fsp3) is 0.154. The number of aromatic nitrogens is 2. The molecule has 1 atom stereocenters. The number of carboxylic acid groups (broad SMARTS) is 1. The van der Waals surface area contributed by atoms with Crippen LogP contribution in [0.2, 0.25) is 0 Å². The Morgan fingerprint density at radius 1 is 1.42 bits per heavy atom. The first-order valence-corrected chi connectivity index (χ1v) is 6.43. The van der Waals surface area contributed by atoms with Crippen LogP contribution in [0.1, 0.15) is 29.0 Å². The minimum absolute atomic E-state index is 0.122. The fourth-order valence-corrected chi connectivity index (χ4v) is 1.96. The SMILES string of the molecule is CC(Nc1ncc(Br)cc1C(=O)O)c1ccccn1. The number of pyridine rings is 2. The zero-order chi connectivity index (χ0) is 13.8. The Labute approximate surface area is 118 Å². The van der Waals surface area contributed by atoms with Gasteiger partial charge in [0, 0.05) is 16.9 Å². The molecule has 2 aromatic rings. The molecular weight excluding hydrogens is 310 g/mol. The van der Waals surface area contributed by atoms with E-state index < -0.39 is 5.97 Å². The fourth-order valence-electron chi connectivity index (χ4n) is 1.63. The molecule has 2 heterocycles. The van der Waals surface area contributed by atoms with Gasteiger partial charge in [0.1, 0.15) is 11.4 Å². The summed E-state index contributed by atoms with van der Waals surface area (Å²) in [4.78, 5) is 19.5. The molecule has 0 aliphatic carbocycles. The van der Waals surface area contributed by atoms with Gasteiger partial charge < -0.3 is 10.4 Å². The van der Waals surface area contributed by atoms with E-state index >= 15 is 0 Å². The molecule has 2 rings (SSSR count). The highest BCUT2D eigenvalue weighted by Gasteiger charge is 2.15. The Bertz CT molecular complexity index is 590. The van der Waals surface area contributed by atoms with Crippen molar-refractivity contribution in [2.45, 2.75) is 13.0 Å². The maximum atomic E-state index is 11.2. The number of anilines is 1. The Kier molecular flexibility index (Phi) is 4.11. The van der Waals surface area contributed by atoms with E-state index in [1.807, 2.05) is 25.1 Å². The van der Waals surface area contributed by atoms with Gasteiger partial charge in [-0.25, -0.2) is 9.78 Å². The van der Waals surface area contributed by atoms with Crippen molar-refractivity contribution in [3.63, 3.8) is 0 Å². The number of nitrogens with one attached hydrogen (secondary N) is 1. The first-order valence-electron chi connectivity index (χ1n) is 5.64. The molecule has 2 N–H and O–H groups in total. The van der Waals surface area contributed by atoms with E-state index in [9.17, 15) is 4.79 Å². The van der Waals surface area contributed by atoms with E-state index in [1.165, 1.54) is 6.07 Å². The zero-order valence-electron chi connectivity index (χ0n) is 10.2. The van der Waals surface area contributed by atoms with Gasteiger partial charge in [0.15, 0.2) is 0 Å². The smallest absolute Gasteiger partial charge is 0.339 e. The highest BCUT2D eigenvalue weighted by Crippen LogP contribution is 2.22. The van der Waals surface area contributed by atoms with E-state index in [1.54, 1.807) is 12.4 Å². The number of halogens is 1. The average Bonchev–Trinajstić information content (AvgIpc) is 2.41. The van der Waals surface area contributed by atoms with Crippen molar-refractivity contribution in [1.82, 2.24) is 9.97 Å². The molecule has 0 saturated heterocycles. The molecule has 0 aliphatic rings. The first-order chi connectivity index (χ1) is 9.08. The summed E-state index contributed by atoms with van der Waals surface area (Å²) in [5.41, 5.74) is 0.945. The minimum Gasteiger partial charge on any atom is -0.478 e. The highest BCUT2D eigenvalue weighted by atomic mass is 79.9. The molecule has 0 spiro atoms. The molecule has 0 aliphatic heterocycles. The van der Waals surface area contributed by atoms with Crippen molar-refractivity contribution < 1.29 is 9.90 Å². The molecule has 6 heteroatoms. The molecule has 0 amide bonds. The Morgan fingerprint density at radius 3 is 2.84 bits per heavy atom. The van der Waals surface area contributed by atoms with Crippen LogP contribution in [-0.4, -0.2) is 21.0 Å². The predicted octanol–water partition coefficient (Wildman–Crippen LogP) is 3.11. The van der Waals surface area contributed by atoms with Crippen molar-refractivity contribution in [2.24, 2.45) is 0 Å². The summed E-state index contributed by atoms with van der Waals surface area (Å²) >= 11 is 3.21. The lowest BCUT2D eigenvalue weighted by atomic mass is 10.2. The largest absolute Gasteiger partial charge is 0.478 e. The maximum Gasteiger partial charge on any atom is 0.339 e. The highest BCUT2D eigenvalue weighted by molar-refractivity contribution is 9.10. The molecular formula is C13H12BrN3O2. The summed E-state index contributed by atoms with van der Waals surface area (Å²) in [6.07, 6.45) is 3.25. The van der Waals surface area contributed by atoms with Crippen LogP contribution >= 0.6 is 15.9 Å². The molecule has 0 radical (unpaired) electrons. The third kappa shape index (κ3) is 3.29. The number of hydrogen-bond acceptors (Lipinski definition) is 4. The van der Waals surface area contributed by atoms with Gasteiger partial charge in [-0.2, -0.15) is 0 Å². The number of nitrogens with zero attached hydrogens (tertiary/aromatic N) is 2. The van der Waals surface area contributed by atoms with Crippen molar-refractivity contribution in [3.8, 4) is 0 Å². The van der Waals surface area contributed by atoms with Crippen LogP contribution < -0.4 is 5.32 Å². The van der Waals surface area contributed by atoms with Gasteiger partial charge in [0.2, 0.25) is 0 Å². The van der Waals surface area contributed by atoms with Crippen LogP contribution in [0, 0.1) is 0 Å². The van der Waals surface area contributed by atoms with Gasteiger partial charge in [-0.15, -0.1) is 0 Å². The van der Waals surface area contributed by atoms with Gasteiger partial charge in [-0.05, 0) is 41.1 Å². The van der Waals surface area contributed by atoms with Crippen LogP contribution in [0.3, 0.4) is 0 Å². The number of hydrogen-bond donors (Lipinski definition) is 2. The third-order valence-corrected chi connectivity index (χ3v) is 3.00. The Balaban J connectivity index is 2.26. The second-order valence-corrected chi connectivity index (χ2v) is 4.89. The third-order valence-electron chi connectivity index (χ3n) is 2.57. The first kappa shape index (κ1) is 13.5. The van der Waals surface area contributed by atoms with Crippen molar-refractivity contribution in [3.05, 3.63) is 52.4 Å². The monoisotopic (exact) mass is 321 g/mol. The molecule has 98 valence electrons. The van der Waals surface area contributed by atoms with Crippen molar-refractivity contribution >= 4 is 27.7 Å². The molecule has 0 saturated carbocycles. The van der Waals surface area contributed by atoms with Crippen molar-refractivity contribution in [1.29, 1.82) is 0 Å². The summed E-state index contributed by atoms with van der Waals surface area (Å²) in [7, 11) is 0. The lowest BCUT2D eigenvalue weighted by Crippen LogP contribution is -2.13. The van der Waals surface area contributed by atoms with Gasteiger partial charge in [0.25, 0.3) is 0 Å². The van der Waals surface area contributed by atoms with Crippen molar-refractivity contribution in [2.75, 3.05) is 5.32 Å². The van der Waals surface area contributed by atoms with Gasteiger partial charge >= 0.3 is 5.97 Å². The second-order valence-electron chi connectivity index (χ2n) is 3.98. The van der Waals surface area contributed by atoms with Crippen LogP contribution in [0.25, 0.3) is 0 Å². The summed E-state index contributed by atoms with van der Waals surface area (Å²) in [6, 6.07) is 6.97. The summed E-state index contributed by atoms with van der Waals surface area (Å²) in [5.74, 6) is -0.696. The molecule has 19 heavy (non-hydrogen) atoms. The molecule has 0 aromatic carbocycles. The molecule has 1 unspecified atom stereocenters. The summed E-state index contributed by atoms with van der Waals surface area (Å²) in [6.45, 7) is 1.90. The summed E-state index contributed by atoms with van der Waals surface area (Å²) < 4.78 is 0.626.